The SMILES string of the molecule is CCOC(=O)C=Cc1ccc(Br)cc1OC. The Morgan fingerprint density at radius 3 is 2.88 bits per heavy atom. The Morgan fingerprint density at radius 2 is 2.25 bits per heavy atom. The number of rotatable bonds is 4. The number of carbonyl (C=O) groups excluding carboxylic acids is 1. The fraction of sp³-hybridized carbons (Fsp3) is 0.250. The first kappa shape index (κ1) is 12.8. The second kappa shape index (κ2) is 6.33. The second-order valence-corrected chi connectivity index (χ2v) is 3.89. The summed E-state index contributed by atoms with van der Waals surface area (Å²) in [6.07, 6.45) is 3.05. The van der Waals surface area contributed by atoms with Crippen LogP contribution in [0.3, 0.4) is 0 Å². The number of methoxy groups -OCH3 is 1. The minimum absolute atomic E-state index is 0.354. The van der Waals surface area contributed by atoms with Crippen LogP contribution >= 0.6 is 15.9 Å². The van der Waals surface area contributed by atoms with E-state index in [0.29, 0.717) is 12.4 Å². The van der Waals surface area contributed by atoms with Crippen LogP contribution in [-0.4, -0.2) is 19.7 Å². The molecule has 3 nitrogen and oxygen atoms in total. The topological polar surface area (TPSA) is 35.5 Å². The van der Waals surface area contributed by atoms with Gasteiger partial charge in [-0.25, -0.2) is 4.79 Å². The summed E-state index contributed by atoms with van der Waals surface area (Å²) in [4.78, 5) is 11.1. The molecule has 0 spiro atoms. The van der Waals surface area contributed by atoms with Gasteiger partial charge >= 0.3 is 5.97 Å². The van der Waals surface area contributed by atoms with Gasteiger partial charge in [0.1, 0.15) is 5.75 Å². The largest absolute Gasteiger partial charge is 0.496 e. The van der Waals surface area contributed by atoms with Crippen LogP contribution in [0, 0.1) is 0 Å². The number of benzene rings is 1. The van der Waals surface area contributed by atoms with Crippen LogP contribution in [0.1, 0.15) is 12.5 Å². The zero-order chi connectivity index (χ0) is 12.0. The van der Waals surface area contributed by atoms with Crippen LogP contribution < -0.4 is 4.74 Å². The van der Waals surface area contributed by atoms with E-state index in [4.69, 9.17) is 9.47 Å². The molecule has 1 aromatic rings. The summed E-state index contributed by atoms with van der Waals surface area (Å²) in [5, 5.41) is 0. The van der Waals surface area contributed by atoms with Crippen LogP contribution in [0.2, 0.25) is 0 Å². The van der Waals surface area contributed by atoms with Crippen molar-refractivity contribution in [3.63, 3.8) is 0 Å². The van der Waals surface area contributed by atoms with Crippen molar-refractivity contribution < 1.29 is 14.3 Å². The summed E-state index contributed by atoms with van der Waals surface area (Å²) < 4.78 is 10.9. The zero-order valence-corrected chi connectivity index (χ0v) is 10.8. The lowest BCUT2D eigenvalue weighted by Gasteiger charge is -2.04. The Labute approximate surface area is 103 Å². The Balaban J connectivity index is 2.84. The van der Waals surface area contributed by atoms with Gasteiger partial charge in [0.2, 0.25) is 0 Å². The lowest BCUT2D eigenvalue weighted by atomic mass is 10.2. The molecule has 1 aromatic carbocycles. The molecule has 4 heteroatoms. The zero-order valence-electron chi connectivity index (χ0n) is 9.20. The van der Waals surface area contributed by atoms with E-state index in [1.807, 2.05) is 18.2 Å². The predicted molar refractivity (Wildman–Crippen MR) is 66.4 cm³/mol. The first-order valence-electron chi connectivity index (χ1n) is 4.85. The normalized spacial score (nSPS) is 10.4. The summed E-state index contributed by atoms with van der Waals surface area (Å²) in [6, 6.07) is 5.58. The molecule has 0 fully saturated rings. The summed E-state index contributed by atoms with van der Waals surface area (Å²) in [5.74, 6) is 0.349. The van der Waals surface area contributed by atoms with Gasteiger partial charge in [0.15, 0.2) is 0 Å². The molecule has 0 saturated heterocycles. The van der Waals surface area contributed by atoms with Gasteiger partial charge < -0.3 is 9.47 Å². The van der Waals surface area contributed by atoms with Gasteiger partial charge in [-0.1, -0.05) is 22.0 Å². The van der Waals surface area contributed by atoms with E-state index in [-0.39, 0.29) is 5.97 Å². The number of hydrogen-bond donors (Lipinski definition) is 0. The van der Waals surface area contributed by atoms with Crippen LogP contribution in [0.15, 0.2) is 28.7 Å². The first-order valence-corrected chi connectivity index (χ1v) is 5.65. The monoisotopic (exact) mass is 284 g/mol. The van der Waals surface area contributed by atoms with Gasteiger partial charge in [-0.05, 0) is 25.1 Å². The highest BCUT2D eigenvalue weighted by atomic mass is 79.9. The third kappa shape index (κ3) is 3.70. The predicted octanol–water partition coefficient (Wildman–Crippen LogP) is 3.03. The van der Waals surface area contributed by atoms with Crippen LogP contribution in [0.25, 0.3) is 6.08 Å². The highest BCUT2D eigenvalue weighted by Gasteiger charge is 2.01. The van der Waals surface area contributed by atoms with E-state index < -0.39 is 0 Å². The number of halogens is 1. The van der Waals surface area contributed by atoms with Crippen molar-refractivity contribution in [2.24, 2.45) is 0 Å². The average molecular weight is 285 g/mol. The van der Waals surface area contributed by atoms with Crippen molar-refractivity contribution in [3.8, 4) is 5.75 Å². The number of ether oxygens (including phenoxy) is 2. The van der Waals surface area contributed by atoms with Gasteiger partial charge in [-0.3, -0.25) is 0 Å². The second-order valence-electron chi connectivity index (χ2n) is 2.97. The molecule has 0 bridgehead atoms. The van der Waals surface area contributed by atoms with Crippen molar-refractivity contribution in [2.75, 3.05) is 13.7 Å². The third-order valence-electron chi connectivity index (χ3n) is 1.88. The quantitative estimate of drug-likeness (QED) is 0.630. The molecule has 0 unspecified atom stereocenters. The van der Waals surface area contributed by atoms with E-state index in [1.165, 1.54) is 6.08 Å². The molecule has 0 heterocycles. The Bertz CT molecular complexity index is 399. The fourth-order valence-electron chi connectivity index (χ4n) is 1.17. The molecular weight excluding hydrogens is 272 g/mol. The van der Waals surface area contributed by atoms with Gasteiger partial charge in [-0.15, -0.1) is 0 Å². The number of esters is 1. The van der Waals surface area contributed by atoms with E-state index in [0.717, 1.165) is 10.0 Å². The van der Waals surface area contributed by atoms with Crippen molar-refractivity contribution in [1.82, 2.24) is 0 Å². The maximum Gasteiger partial charge on any atom is 0.330 e. The molecular formula is C12H13BrO3. The van der Waals surface area contributed by atoms with E-state index in [2.05, 4.69) is 15.9 Å². The van der Waals surface area contributed by atoms with Crippen LogP contribution in [0.4, 0.5) is 0 Å². The van der Waals surface area contributed by atoms with Gasteiger partial charge in [0, 0.05) is 16.1 Å². The van der Waals surface area contributed by atoms with E-state index in [9.17, 15) is 4.79 Å². The minimum atomic E-state index is -0.354. The van der Waals surface area contributed by atoms with Crippen LogP contribution in [0.5, 0.6) is 5.75 Å². The highest BCUT2D eigenvalue weighted by Crippen LogP contribution is 2.24. The minimum Gasteiger partial charge on any atom is -0.496 e. The fourth-order valence-corrected chi connectivity index (χ4v) is 1.51. The maximum atomic E-state index is 11.1. The standard InChI is InChI=1S/C12H13BrO3/c1-3-16-12(14)7-5-9-4-6-10(13)8-11(9)15-2/h4-8H,3H2,1-2H3. The Kier molecular flexibility index (Phi) is 5.05. The molecule has 0 saturated carbocycles. The Morgan fingerprint density at radius 1 is 1.50 bits per heavy atom. The summed E-state index contributed by atoms with van der Waals surface area (Å²) in [7, 11) is 1.59. The summed E-state index contributed by atoms with van der Waals surface area (Å²) in [5.41, 5.74) is 0.832. The molecule has 0 aliphatic carbocycles. The van der Waals surface area contributed by atoms with E-state index >= 15 is 0 Å². The molecule has 1 rings (SSSR count). The van der Waals surface area contributed by atoms with Crippen molar-refractivity contribution in [1.29, 1.82) is 0 Å². The molecule has 0 aliphatic heterocycles. The average Bonchev–Trinajstić information content (AvgIpc) is 2.27. The first-order chi connectivity index (χ1) is 7.67. The lowest BCUT2D eigenvalue weighted by Crippen LogP contribution is -1.98. The summed E-state index contributed by atoms with van der Waals surface area (Å²) >= 11 is 3.35. The van der Waals surface area contributed by atoms with Crippen molar-refractivity contribution in [3.05, 3.63) is 34.3 Å². The number of carbonyl (C=O) groups is 1. The molecule has 0 aliphatic rings. The molecule has 0 atom stereocenters. The molecule has 86 valence electrons. The highest BCUT2D eigenvalue weighted by molar-refractivity contribution is 9.10. The third-order valence-corrected chi connectivity index (χ3v) is 2.37. The molecule has 0 radical (unpaired) electrons. The maximum absolute atomic E-state index is 11.1. The lowest BCUT2D eigenvalue weighted by molar-refractivity contribution is -0.137. The molecule has 0 amide bonds. The van der Waals surface area contributed by atoms with Gasteiger partial charge in [0.25, 0.3) is 0 Å². The van der Waals surface area contributed by atoms with Crippen molar-refractivity contribution in [2.45, 2.75) is 6.92 Å². The smallest absolute Gasteiger partial charge is 0.330 e. The van der Waals surface area contributed by atoms with E-state index in [1.54, 1.807) is 20.1 Å². The Hall–Kier alpha value is -1.29. The molecule has 0 aromatic heterocycles. The summed E-state index contributed by atoms with van der Waals surface area (Å²) in [6.45, 7) is 2.15. The van der Waals surface area contributed by atoms with Gasteiger partial charge in [0.05, 0.1) is 13.7 Å². The number of hydrogen-bond acceptors (Lipinski definition) is 3. The molecule has 16 heavy (non-hydrogen) atoms. The van der Waals surface area contributed by atoms with Crippen molar-refractivity contribution >= 4 is 28.0 Å². The molecule has 0 N–H and O–H groups in total. The van der Waals surface area contributed by atoms with Crippen LogP contribution in [-0.2, 0) is 9.53 Å². The van der Waals surface area contributed by atoms with Gasteiger partial charge in [-0.2, -0.15) is 0 Å².